The lowest BCUT2D eigenvalue weighted by molar-refractivity contribution is 0.879. The van der Waals surface area contributed by atoms with Gasteiger partial charge in [-0.2, -0.15) is 0 Å². The lowest BCUT2D eigenvalue weighted by Crippen LogP contribution is -2.02. The zero-order valence-corrected chi connectivity index (χ0v) is 16.6. The van der Waals surface area contributed by atoms with Crippen LogP contribution in [0.1, 0.15) is 11.3 Å². The van der Waals surface area contributed by atoms with Gasteiger partial charge in [0.1, 0.15) is 5.65 Å². The van der Waals surface area contributed by atoms with Crippen LogP contribution in [0.4, 0.5) is 0 Å². The molecule has 29 heavy (non-hydrogen) atoms. The van der Waals surface area contributed by atoms with Crippen molar-refractivity contribution in [2.45, 2.75) is 17.8 Å². The SMILES string of the molecule is Cc1ccccc1-n1c(SCc2cn3ccccc3n2)nnc1-c1ccncc1. The Bertz CT molecular complexity index is 1240. The summed E-state index contributed by atoms with van der Waals surface area (Å²) in [5.41, 5.74) is 5.17. The van der Waals surface area contributed by atoms with Crippen LogP contribution in [-0.2, 0) is 5.75 Å². The monoisotopic (exact) mass is 398 g/mol. The van der Waals surface area contributed by atoms with Crippen molar-refractivity contribution in [3.63, 3.8) is 0 Å². The van der Waals surface area contributed by atoms with E-state index in [4.69, 9.17) is 0 Å². The average Bonchev–Trinajstić information content (AvgIpc) is 3.37. The van der Waals surface area contributed by atoms with Crippen molar-refractivity contribution in [1.82, 2.24) is 29.1 Å². The fraction of sp³-hybridized carbons (Fsp3) is 0.0909. The van der Waals surface area contributed by atoms with Crippen molar-refractivity contribution in [2.75, 3.05) is 0 Å². The number of aryl methyl sites for hydroxylation is 1. The van der Waals surface area contributed by atoms with Crippen LogP contribution in [0, 0.1) is 6.92 Å². The highest BCUT2D eigenvalue weighted by Gasteiger charge is 2.18. The number of fused-ring (bicyclic) bond motifs is 1. The maximum Gasteiger partial charge on any atom is 0.196 e. The summed E-state index contributed by atoms with van der Waals surface area (Å²) in [5, 5.41) is 9.83. The Balaban J connectivity index is 1.54. The van der Waals surface area contributed by atoms with Crippen molar-refractivity contribution in [3.8, 4) is 17.1 Å². The molecule has 7 heteroatoms. The third kappa shape index (κ3) is 3.40. The van der Waals surface area contributed by atoms with E-state index >= 15 is 0 Å². The molecule has 0 unspecified atom stereocenters. The number of pyridine rings is 2. The van der Waals surface area contributed by atoms with Gasteiger partial charge in [-0.05, 0) is 42.8 Å². The molecule has 0 saturated heterocycles. The molecule has 142 valence electrons. The highest BCUT2D eigenvalue weighted by molar-refractivity contribution is 7.98. The summed E-state index contributed by atoms with van der Waals surface area (Å²) >= 11 is 1.63. The lowest BCUT2D eigenvalue weighted by atomic mass is 10.2. The molecule has 0 spiro atoms. The van der Waals surface area contributed by atoms with Gasteiger partial charge in [-0.3, -0.25) is 9.55 Å². The van der Waals surface area contributed by atoms with Crippen molar-refractivity contribution in [2.24, 2.45) is 0 Å². The van der Waals surface area contributed by atoms with Crippen LogP contribution in [-0.4, -0.2) is 29.1 Å². The number of imidazole rings is 1. The minimum absolute atomic E-state index is 0.710. The second kappa shape index (κ2) is 7.52. The third-order valence-electron chi connectivity index (χ3n) is 4.69. The molecular weight excluding hydrogens is 380 g/mol. The molecular formula is C22H18N6S. The summed E-state index contributed by atoms with van der Waals surface area (Å²) in [6.45, 7) is 2.10. The molecule has 0 N–H and O–H groups in total. The van der Waals surface area contributed by atoms with Gasteiger partial charge in [-0.1, -0.05) is 36.0 Å². The predicted octanol–water partition coefficient (Wildman–Crippen LogP) is 4.58. The van der Waals surface area contributed by atoms with Gasteiger partial charge in [-0.15, -0.1) is 10.2 Å². The van der Waals surface area contributed by atoms with Crippen LogP contribution >= 0.6 is 11.8 Å². The van der Waals surface area contributed by atoms with E-state index in [1.54, 1.807) is 24.2 Å². The summed E-state index contributed by atoms with van der Waals surface area (Å²) in [7, 11) is 0. The van der Waals surface area contributed by atoms with Gasteiger partial charge in [0.15, 0.2) is 11.0 Å². The smallest absolute Gasteiger partial charge is 0.196 e. The van der Waals surface area contributed by atoms with E-state index in [-0.39, 0.29) is 0 Å². The van der Waals surface area contributed by atoms with Crippen LogP contribution in [0.15, 0.2) is 84.5 Å². The number of hydrogen-bond acceptors (Lipinski definition) is 5. The lowest BCUT2D eigenvalue weighted by Gasteiger charge is -2.12. The van der Waals surface area contributed by atoms with E-state index in [1.165, 1.54) is 0 Å². The van der Waals surface area contributed by atoms with E-state index in [0.717, 1.165) is 39.1 Å². The van der Waals surface area contributed by atoms with Gasteiger partial charge in [-0.25, -0.2) is 4.98 Å². The number of hydrogen-bond donors (Lipinski definition) is 0. The van der Waals surface area contributed by atoms with E-state index < -0.39 is 0 Å². The first-order valence-electron chi connectivity index (χ1n) is 9.27. The number of aromatic nitrogens is 6. The van der Waals surface area contributed by atoms with Crippen LogP contribution in [0.5, 0.6) is 0 Å². The highest BCUT2D eigenvalue weighted by atomic mass is 32.2. The maximum atomic E-state index is 4.69. The molecule has 5 aromatic rings. The summed E-state index contributed by atoms with van der Waals surface area (Å²) in [6, 6.07) is 18.2. The fourth-order valence-corrected chi connectivity index (χ4v) is 4.11. The first-order chi connectivity index (χ1) is 14.3. The van der Waals surface area contributed by atoms with E-state index in [9.17, 15) is 0 Å². The average molecular weight is 398 g/mol. The number of rotatable bonds is 5. The second-order valence-electron chi connectivity index (χ2n) is 6.65. The second-order valence-corrected chi connectivity index (χ2v) is 7.59. The quantitative estimate of drug-likeness (QED) is 0.406. The van der Waals surface area contributed by atoms with Crippen LogP contribution in [0.25, 0.3) is 22.7 Å². The first kappa shape index (κ1) is 17.6. The molecule has 0 aliphatic heterocycles. The Morgan fingerprint density at radius 2 is 1.76 bits per heavy atom. The van der Waals surface area contributed by atoms with Crippen molar-refractivity contribution < 1.29 is 0 Å². The molecule has 0 amide bonds. The number of nitrogens with zero attached hydrogens (tertiary/aromatic N) is 6. The van der Waals surface area contributed by atoms with Crippen molar-refractivity contribution in [1.29, 1.82) is 0 Å². The molecule has 0 bridgehead atoms. The molecule has 1 aromatic carbocycles. The van der Waals surface area contributed by atoms with Crippen molar-refractivity contribution >= 4 is 17.4 Å². The molecule has 0 aliphatic rings. The Morgan fingerprint density at radius 1 is 0.931 bits per heavy atom. The Labute approximate surface area is 172 Å². The predicted molar refractivity (Wildman–Crippen MR) is 114 cm³/mol. The highest BCUT2D eigenvalue weighted by Crippen LogP contribution is 2.30. The normalized spacial score (nSPS) is 11.2. The number of para-hydroxylation sites is 1. The Morgan fingerprint density at radius 3 is 2.59 bits per heavy atom. The Hall–Kier alpha value is -3.45. The topological polar surface area (TPSA) is 60.9 Å². The van der Waals surface area contributed by atoms with Gasteiger partial charge in [0.2, 0.25) is 0 Å². The van der Waals surface area contributed by atoms with Gasteiger partial charge in [0.25, 0.3) is 0 Å². The fourth-order valence-electron chi connectivity index (χ4n) is 3.28. The molecule has 5 rings (SSSR count). The standard InChI is InChI=1S/C22H18N6S/c1-16-6-2-3-7-19(16)28-21(17-9-11-23-12-10-17)25-26-22(28)29-15-18-14-27-13-5-4-8-20(27)24-18/h2-14H,15H2,1H3. The molecule has 0 fully saturated rings. The van der Waals surface area contributed by atoms with Gasteiger partial charge >= 0.3 is 0 Å². The zero-order chi connectivity index (χ0) is 19.6. The Kier molecular flexibility index (Phi) is 4.57. The summed E-state index contributed by atoms with van der Waals surface area (Å²) in [4.78, 5) is 8.81. The minimum Gasteiger partial charge on any atom is -0.307 e. The van der Waals surface area contributed by atoms with Crippen LogP contribution in [0.3, 0.4) is 0 Å². The molecule has 4 heterocycles. The van der Waals surface area contributed by atoms with Crippen molar-refractivity contribution in [3.05, 3.63) is 90.6 Å². The van der Waals surface area contributed by atoms with E-state index in [1.807, 2.05) is 53.1 Å². The molecule has 4 aromatic heterocycles. The zero-order valence-electron chi connectivity index (χ0n) is 15.8. The molecule has 6 nitrogen and oxygen atoms in total. The summed E-state index contributed by atoms with van der Waals surface area (Å²) in [6.07, 6.45) is 7.61. The molecule has 0 radical (unpaired) electrons. The van der Waals surface area contributed by atoms with Gasteiger partial charge < -0.3 is 4.40 Å². The molecule has 0 atom stereocenters. The third-order valence-corrected chi connectivity index (χ3v) is 5.65. The molecule has 0 saturated carbocycles. The number of thioether (sulfide) groups is 1. The van der Waals surface area contributed by atoms with E-state index in [0.29, 0.717) is 5.75 Å². The number of benzene rings is 1. The van der Waals surface area contributed by atoms with Crippen LogP contribution < -0.4 is 0 Å². The van der Waals surface area contributed by atoms with Crippen LogP contribution in [0.2, 0.25) is 0 Å². The van der Waals surface area contributed by atoms with Gasteiger partial charge in [0.05, 0.1) is 11.4 Å². The summed E-state index contributed by atoms with van der Waals surface area (Å²) in [5.74, 6) is 1.52. The van der Waals surface area contributed by atoms with Gasteiger partial charge in [0, 0.05) is 36.1 Å². The minimum atomic E-state index is 0.710. The largest absolute Gasteiger partial charge is 0.307 e. The maximum absolute atomic E-state index is 4.69. The van der Waals surface area contributed by atoms with E-state index in [2.05, 4.69) is 50.0 Å². The first-order valence-corrected chi connectivity index (χ1v) is 10.3. The molecule has 0 aliphatic carbocycles. The summed E-state index contributed by atoms with van der Waals surface area (Å²) < 4.78 is 4.15.